The molecule has 134 valence electrons. The second-order valence-corrected chi connectivity index (χ2v) is 7.23. The highest BCUT2D eigenvalue weighted by molar-refractivity contribution is 6.59. The molecule has 0 amide bonds. The van der Waals surface area contributed by atoms with Crippen LogP contribution in [0.25, 0.3) is 22.6 Å². The monoisotopic (exact) mass is 466 g/mol. The van der Waals surface area contributed by atoms with Crippen LogP contribution >= 0.6 is 69.6 Å². The molecular formula is C17H8Cl6N2O. The third-order valence-corrected chi connectivity index (χ3v) is 6.15. The van der Waals surface area contributed by atoms with Crippen LogP contribution in [-0.4, -0.2) is 9.97 Å². The van der Waals surface area contributed by atoms with Crippen molar-refractivity contribution in [3.05, 3.63) is 72.8 Å². The van der Waals surface area contributed by atoms with Crippen LogP contribution in [0.4, 0.5) is 0 Å². The first kappa shape index (κ1) is 19.7. The van der Waals surface area contributed by atoms with Crippen LogP contribution < -0.4 is 0 Å². The highest BCUT2D eigenvalue weighted by Crippen LogP contribution is 2.46. The smallest absolute Gasteiger partial charge is 0.174 e. The van der Waals surface area contributed by atoms with Gasteiger partial charge in [-0.15, -0.1) is 0 Å². The Bertz CT molecular complexity index is 921. The van der Waals surface area contributed by atoms with E-state index >= 15 is 0 Å². The van der Waals surface area contributed by atoms with E-state index in [1.54, 1.807) is 6.26 Å². The molecule has 4 aromatic rings. The number of hydrogen-bond acceptors (Lipinski definition) is 2. The standard InChI is InChI=1S/C11H8N2O.C6Cl6/c1-2-5-9-8(4-1)12-11(13-9)10-6-3-7-14-10;7-1-2(8)4(10)6(12)5(11)3(1)9/h1-7H,(H,12,13);. The molecule has 0 saturated carbocycles. The molecule has 0 atom stereocenters. The number of furan rings is 1. The van der Waals surface area contributed by atoms with E-state index < -0.39 is 0 Å². The van der Waals surface area contributed by atoms with Gasteiger partial charge in [0.25, 0.3) is 0 Å². The lowest BCUT2D eigenvalue weighted by atomic mass is 10.3. The van der Waals surface area contributed by atoms with Crippen LogP contribution in [0.2, 0.25) is 30.1 Å². The Hall–Kier alpha value is -1.07. The molecule has 0 radical (unpaired) electrons. The van der Waals surface area contributed by atoms with Crippen molar-refractivity contribution in [3.8, 4) is 11.6 Å². The maximum absolute atomic E-state index is 5.67. The summed E-state index contributed by atoms with van der Waals surface area (Å²) in [6.45, 7) is 0. The molecule has 9 heteroatoms. The van der Waals surface area contributed by atoms with Gasteiger partial charge in [0.2, 0.25) is 0 Å². The number of imidazole rings is 1. The number of aromatic nitrogens is 2. The van der Waals surface area contributed by atoms with Crippen LogP contribution in [0.5, 0.6) is 0 Å². The van der Waals surface area contributed by atoms with Crippen LogP contribution in [-0.2, 0) is 0 Å². The van der Waals surface area contributed by atoms with Gasteiger partial charge in [-0.1, -0.05) is 81.7 Å². The van der Waals surface area contributed by atoms with E-state index in [0.29, 0.717) is 0 Å². The van der Waals surface area contributed by atoms with Crippen molar-refractivity contribution < 1.29 is 4.42 Å². The Morgan fingerprint density at radius 2 is 1.23 bits per heavy atom. The molecule has 0 fully saturated rings. The van der Waals surface area contributed by atoms with Crippen molar-refractivity contribution in [3.63, 3.8) is 0 Å². The average molecular weight is 469 g/mol. The minimum Gasteiger partial charge on any atom is -0.461 e. The Morgan fingerprint density at radius 3 is 1.69 bits per heavy atom. The summed E-state index contributed by atoms with van der Waals surface area (Å²) in [5, 5.41) is 0.654. The quantitative estimate of drug-likeness (QED) is 0.225. The molecule has 1 N–H and O–H groups in total. The Morgan fingerprint density at radius 1 is 0.692 bits per heavy atom. The molecule has 0 spiro atoms. The van der Waals surface area contributed by atoms with Gasteiger partial charge >= 0.3 is 0 Å². The maximum atomic E-state index is 5.67. The normalized spacial score (nSPS) is 10.7. The highest BCUT2D eigenvalue weighted by atomic mass is 35.5. The number of halogens is 6. The number of nitrogens with zero attached hydrogens (tertiary/aromatic N) is 1. The molecule has 0 aliphatic carbocycles. The molecule has 2 aromatic carbocycles. The SMILES string of the molecule is Clc1c(Cl)c(Cl)c(Cl)c(Cl)c1Cl.c1coc(-c2nc3ccccc3[nH]2)c1. The molecule has 26 heavy (non-hydrogen) atoms. The van der Waals surface area contributed by atoms with Gasteiger partial charge in [-0.3, -0.25) is 0 Å². The molecule has 4 rings (SSSR count). The number of fused-ring (bicyclic) bond motifs is 1. The van der Waals surface area contributed by atoms with Gasteiger partial charge in [0, 0.05) is 0 Å². The summed E-state index contributed by atoms with van der Waals surface area (Å²) in [4.78, 5) is 7.60. The number of rotatable bonds is 1. The first-order valence-corrected chi connectivity index (χ1v) is 9.32. The van der Waals surface area contributed by atoms with Crippen molar-refractivity contribution in [1.82, 2.24) is 9.97 Å². The molecule has 0 saturated heterocycles. The second kappa shape index (κ2) is 8.30. The fourth-order valence-electron chi connectivity index (χ4n) is 2.06. The van der Waals surface area contributed by atoms with Crippen molar-refractivity contribution in [2.75, 3.05) is 0 Å². The van der Waals surface area contributed by atoms with Gasteiger partial charge in [-0.25, -0.2) is 4.98 Å². The average Bonchev–Trinajstić information content (AvgIpc) is 3.32. The third-order valence-electron chi connectivity index (χ3n) is 3.30. The molecular weight excluding hydrogens is 461 g/mol. The number of hydrogen-bond donors (Lipinski definition) is 1. The molecule has 0 bridgehead atoms. The highest BCUT2D eigenvalue weighted by Gasteiger charge is 2.17. The molecule has 0 aliphatic heterocycles. The molecule has 0 unspecified atom stereocenters. The van der Waals surface area contributed by atoms with E-state index in [9.17, 15) is 0 Å². The van der Waals surface area contributed by atoms with Gasteiger partial charge in [-0.05, 0) is 24.3 Å². The summed E-state index contributed by atoms with van der Waals surface area (Å²) in [5.74, 6) is 1.54. The maximum Gasteiger partial charge on any atom is 0.174 e. The first-order chi connectivity index (χ1) is 12.4. The van der Waals surface area contributed by atoms with Gasteiger partial charge in [0.15, 0.2) is 11.6 Å². The number of H-pyrrole nitrogens is 1. The Labute approximate surface area is 178 Å². The molecule has 3 nitrogen and oxygen atoms in total. The van der Waals surface area contributed by atoms with Crippen LogP contribution in [0.3, 0.4) is 0 Å². The van der Waals surface area contributed by atoms with Crippen molar-refractivity contribution >= 4 is 80.6 Å². The van der Waals surface area contributed by atoms with Crippen molar-refractivity contribution in [2.24, 2.45) is 0 Å². The topological polar surface area (TPSA) is 41.8 Å². The zero-order valence-electron chi connectivity index (χ0n) is 12.7. The lowest BCUT2D eigenvalue weighted by Gasteiger charge is -2.06. The summed E-state index contributed by atoms with van der Waals surface area (Å²) < 4.78 is 5.26. The van der Waals surface area contributed by atoms with Crippen LogP contribution in [0.1, 0.15) is 0 Å². The van der Waals surface area contributed by atoms with Crippen molar-refractivity contribution in [1.29, 1.82) is 0 Å². The lowest BCUT2D eigenvalue weighted by Crippen LogP contribution is -1.79. The zero-order valence-corrected chi connectivity index (χ0v) is 17.2. The van der Waals surface area contributed by atoms with Crippen molar-refractivity contribution in [2.45, 2.75) is 0 Å². The Balaban J connectivity index is 0.000000153. The van der Waals surface area contributed by atoms with Gasteiger partial charge in [0.1, 0.15) is 0 Å². The summed E-state index contributed by atoms with van der Waals surface area (Å²) in [6, 6.07) is 11.6. The van der Waals surface area contributed by atoms with E-state index in [-0.39, 0.29) is 30.1 Å². The van der Waals surface area contributed by atoms with Crippen LogP contribution in [0, 0.1) is 0 Å². The molecule has 2 aromatic heterocycles. The van der Waals surface area contributed by atoms with Gasteiger partial charge < -0.3 is 9.40 Å². The predicted molar refractivity (Wildman–Crippen MR) is 110 cm³/mol. The van der Waals surface area contributed by atoms with Crippen LogP contribution in [0.15, 0.2) is 47.1 Å². The van der Waals surface area contributed by atoms with Gasteiger partial charge in [0.05, 0.1) is 47.4 Å². The fourth-order valence-corrected chi connectivity index (χ4v) is 3.49. The summed E-state index contributed by atoms with van der Waals surface area (Å²) >= 11 is 34.0. The number of para-hydroxylation sites is 2. The second-order valence-electron chi connectivity index (χ2n) is 4.96. The van der Waals surface area contributed by atoms with E-state index in [0.717, 1.165) is 22.6 Å². The minimum absolute atomic E-state index is 0.109. The largest absolute Gasteiger partial charge is 0.461 e. The lowest BCUT2D eigenvalue weighted by molar-refractivity contribution is 0.578. The van der Waals surface area contributed by atoms with Gasteiger partial charge in [-0.2, -0.15) is 0 Å². The van der Waals surface area contributed by atoms with E-state index in [1.165, 1.54) is 0 Å². The first-order valence-electron chi connectivity index (χ1n) is 7.05. The third kappa shape index (κ3) is 3.94. The number of benzene rings is 2. The summed E-state index contributed by atoms with van der Waals surface area (Å²) in [6.07, 6.45) is 1.64. The fraction of sp³-hybridized carbons (Fsp3) is 0. The summed E-state index contributed by atoms with van der Waals surface area (Å²) in [7, 11) is 0. The van der Waals surface area contributed by atoms with E-state index in [2.05, 4.69) is 9.97 Å². The number of nitrogens with one attached hydrogen (secondary N) is 1. The summed E-state index contributed by atoms with van der Waals surface area (Å²) in [5.41, 5.74) is 1.98. The Kier molecular flexibility index (Phi) is 6.29. The molecule has 0 aliphatic rings. The minimum atomic E-state index is 0.109. The van der Waals surface area contributed by atoms with E-state index in [4.69, 9.17) is 74.0 Å². The zero-order chi connectivity index (χ0) is 18.8. The number of aromatic amines is 1. The predicted octanol–water partition coefficient (Wildman–Crippen LogP) is 8.43. The van der Waals surface area contributed by atoms with E-state index in [1.807, 2.05) is 36.4 Å². The molecule has 2 heterocycles.